The van der Waals surface area contributed by atoms with Crippen LogP contribution in [0.25, 0.3) is 0 Å². The van der Waals surface area contributed by atoms with Crippen molar-refractivity contribution in [3.8, 4) is 63.6 Å². The van der Waals surface area contributed by atoms with E-state index in [2.05, 4.69) is 166 Å². The molecule has 0 aliphatic heterocycles. The summed E-state index contributed by atoms with van der Waals surface area (Å²) >= 11 is 5.81. The number of anilines is 7. The lowest BCUT2D eigenvalue weighted by atomic mass is 9.97. The normalized spacial score (nSPS) is 11.1. The van der Waals surface area contributed by atoms with Gasteiger partial charge in [-0.2, -0.15) is 15.0 Å². The first kappa shape index (κ1) is 89.1. The van der Waals surface area contributed by atoms with E-state index in [0.717, 1.165) is 54.7 Å². The first-order valence-corrected chi connectivity index (χ1v) is 32.5. The second-order valence-electron chi connectivity index (χ2n) is 29.4. The van der Waals surface area contributed by atoms with Crippen molar-refractivity contribution in [2.24, 2.45) is 27.1 Å². The van der Waals surface area contributed by atoms with Crippen molar-refractivity contribution in [1.82, 2.24) is 19.9 Å². The number of methoxy groups -OCH3 is 11. The van der Waals surface area contributed by atoms with E-state index in [4.69, 9.17) is 69.0 Å². The summed E-state index contributed by atoms with van der Waals surface area (Å²) in [5.41, 5.74) is 6.66. The van der Waals surface area contributed by atoms with Crippen LogP contribution >= 0.6 is 11.6 Å². The molecule has 0 bridgehead atoms. The molecule has 0 atom stereocenters. The number of halogens is 1. The third-order valence-electron chi connectivity index (χ3n) is 12.5. The number of aromatic nitrogens is 4. The predicted molar refractivity (Wildman–Crippen MR) is 404 cm³/mol. The van der Waals surface area contributed by atoms with Gasteiger partial charge in [0.25, 0.3) is 5.69 Å². The Morgan fingerprint density at radius 2 is 0.700 bits per heavy atom. The van der Waals surface area contributed by atoms with E-state index in [1.807, 2.05) is 63.2 Å². The van der Waals surface area contributed by atoms with E-state index in [0.29, 0.717) is 87.1 Å². The number of hydrogen-bond donors (Lipinski definition) is 8. The Bertz CT molecular complexity index is 3220. The van der Waals surface area contributed by atoms with Gasteiger partial charge in [0.15, 0.2) is 23.0 Å². The number of ether oxygens (including phenoxy) is 11. The van der Waals surface area contributed by atoms with Crippen molar-refractivity contribution in [2.45, 2.75) is 130 Å². The molecule has 0 saturated heterocycles. The molecule has 0 fully saturated rings. The van der Waals surface area contributed by atoms with Gasteiger partial charge in [-0.3, -0.25) is 10.1 Å². The second-order valence-corrected chi connectivity index (χ2v) is 29.8. The number of rotatable bonds is 25. The Kier molecular flexibility index (Phi) is 37.6. The summed E-state index contributed by atoms with van der Waals surface area (Å²) in [5, 5.41) is 38.9. The van der Waals surface area contributed by atoms with Crippen molar-refractivity contribution in [1.29, 1.82) is 0 Å². The summed E-state index contributed by atoms with van der Waals surface area (Å²) < 4.78 is 57.3. The molecule has 8 N–H and O–H groups in total. The minimum Gasteiger partial charge on any atom is -0.497 e. The van der Waals surface area contributed by atoms with Crippen molar-refractivity contribution in [3.05, 3.63) is 88.1 Å². The fourth-order valence-electron chi connectivity index (χ4n) is 7.67. The van der Waals surface area contributed by atoms with Gasteiger partial charge in [-0.15, -0.1) is 4.99 Å². The lowest BCUT2D eigenvalue weighted by Gasteiger charge is -2.23. The van der Waals surface area contributed by atoms with Crippen molar-refractivity contribution in [2.75, 3.05) is 148 Å². The van der Waals surface area contributed by atoms with Gasteiger partial charge < -0.3 is 84.0 Å². The fourth-order valence-corrected chi connectivity index (χ4v) is 7.85. The first-order chi connectivity index (χ1) is 46.4. The molecule has 4 aromatic carbocycles. The number of nitrogens with zero attached hydrogens (tertiary/aromatic N) is 5. The van der Waals surface area contributed by atoms with Crippen molar-refractivity contribution in [3.63, 3.8) is 0 Å². The van der Waals surface area contributed by atoms with E-state index in [1.54, 1.807) is 96.4 Å². The average Bonchev–Trinajstić information content (AvgIpc) is 0.834. The van der Waals surface area contributed by atoms with E-state index >= 15 is 0 Å². The van der Waals surface area contributed by atoms with E-state index in [9.17, 15) is 10.1 Å². The van der Waals surface area contributed by atoms with Gasteiger partial charge >= 0.3 is 0 Å². The topological polar surface area (TPSA) is 310 Å². The summed E-state index contributed by atoms with van der Waals surface area (Å²) in [6.45, 7) is 42.3. The molecule has 100 heavy (non-hydrogen) atoms. The minimum absolute atomic E-state index is 0.0232. The summed E-state index contributed by atoms with van der Waals surface area (Å²) in [6, 6.07) is 20.9. The predicted octanol–water partition coefficient (Wildman–Crippen LogP) is 16.7. The molecule has 0 radical (unpaired) electrons. The van der Waals surface area contributed by atoms with Crippen LogP contribution in [0, 0.1) is 37.2 Å². The molecule has 2 aromatic heterocycles. The molecule has 0 aliphatic rings. The molecule has 27 nitrogen and oxygen atoms in total. The third kappa shape index (κ3) is 37.9. The highest BCUT2D eigenvalue weighted by atomic mass is 35.5. The largest absolute Gasteiger partial charge is 0.497 e. The number of nitro benzene ring substituents is 1. The molecule has 0 aliphatic carbocycles. The van der Waals surface area contributed by atoms with E-state index < -0.39 is 4.92 Å². The summed E-state index contributed by atoms with van der Waals surface area (Å²) in [5.74, 6) is 7.90. The van der Waals surface area contributed by atoms with Crippen LogP contribution < -0.4 is 89.5 Å². The van der Waals surface area contributed by atoms with Gasteiger partial charge in [0.1, 0.15) is 16.7 Å². The Morgan fingerprint density at radius 1 is 0.380 bits per heavy atom. The smallest absolute Gasteiger partial charge is 0.273 e. The quantitative estimate of drug-likeness (QED) is 0.0114. The number of non-ortho nitro benzene ring substituents is 1. The van der Waals surface area contributed by atoms with Crippen LogP contribution in [0.4, 0.5) is 46.0 Å². The van der Waals surface area contributed by atoms with Crippen LogP contribution in [-0.2, 0) is 4.99 Å². The van der Waals surface area contributed by atoms with Gasteiger partial charge in [0, 0.05) is 122 Å². The molecular formula is C72H117ClN12O15. The SMILES string of the molecule is CC(C)(C)CNc1cc(NOO)cc([N+](=O)[O-])c1.COc1cc(Cl)nc(NCC(C)(C)C)n1.COc1cc(NC(C)(C)C)cc(OC)c1OC.COc1cc(NCC(C)(C)C)cc(OC)c1.COc1cc(NCC(C)(C)C)cc(OC)c1OC.COc1cc(OC)nc(NCC(C)(C)C)n1. The van der Waals surface area contributed by atoms with Gasteiger partial charge in [-0.1, -0.05) is 115 Å². The maximum absolute atomic E-state index is 10.8. The molecule has 6 aromatic rings. The van der Waals surface area contributed by atoms with Crippen LogP contribution in [0.1, 0.15) is 125 Å². The molecule has 0 amide bonds. The molecular weight excluding hydrogens is 1310 g/mol. The Hall–Kier alpha value is -8.95. The molecule has 2 heterocycles. The van der Waals surface area contributed by atoms with Crippen molar-refractivity contribution < 1.29 is 67.3 Å². The Balaban J connectivity index is 0.000000601. The second kappa shape index (κ2) is 42.2. The lowest BCUT2D eigenvalue weighted by Crippen LogP contribution is -2.26. The first-order valence-electron chi connectivity index (χ1n) is 32.2. The maximum atomic E-state index is 10.8. The van der Waals surface area contributed by atoms with Crippen LogP contribution in [0.15, 0.2) is 72.8 Å². The highest BCUT2D eigenvalue weighted by molar-refractivity contribution is 6.29. The average molecular weight is 1430 g/mol. The summed E-state index contributed by atoms with van der Waals surface area (Å²) in [6.07, 6.45) is 0. The molecule has 28 heteroatoms. The summed E-state index contributed by atoms with van der Waals surface area (Å²) in [4.78, 5) is 30.5. The zero-order valence-corrected chi connectivity index (χ0v) is 65.5. The monoisotopic (exact) mass is 1420 g/mol. The van der Waals surface area contributed by atoms with E-state index in [1.165, 1.54) is 12.1 Å². The standard InChI is InChI=1S/C14H23NO3.C13H21NO3.C13H21NO2.C11H17N3O4.C11H19N3O2.C10H16ClN3O/c1-14(2,3)9-15-10-7-11(16-4)13(18-6)12(8-10)17-5;1-13(2,3)14-9-7-10(15-4)12(17-6)11(8-9)16-5;1-13(2,3)9-14-10-6-11(15-4)8-12(7-10)16-5;1-11(2,3)7-12-8-4-9(13-18-17)6-10(5-8)14(15)16;1-11(2,3)7-12-10-13-8(15-4)6-9(14-10)16-5;1-10(2,3)6-12-9-13-7(11)5-8(14-9)15-4/h7-8,15H,9H2,1-6H3;7-8,14H,1-6H3;6-8,14H,9H2,1-5H3;4-6,12-13,17H,7H2,1-3H3;6H,7H2,1-5H3,(H,12,13,14);5H,6H2,1-4H3,(H,12,13,14). The highest BCUT2D eigenvalue weighted by Crippen LogP contribution is 2.42. The zero-order chi connectivity index (χ0) is 76.4. The maximum Gasteiger partial charge on any atom is 0.273 e. The molecule has 0 unspecified atom stereocenters. The number of hydrogen-bond acceptors (Lipinski definition) is 26. The van der Waals surface area contributed by atoms with Gasteiger partial charge in [0.2, 0.25) is 41.0 Å². The van der Waals surface area contributed by atoms with Crippen molar-refractivity contribution >= 4 is 57.6 Å². The molecule has 0 spiro atoms. The number of nitro groups is 1. The lowest BCUT2D eigenvalue weighted by molar-refractivity contribution is -0.384. The van der Waals surface area contributed by atoms with E-state index in [-0.39, 0.29) is 38.3 Å². The Morgan fingerprint density at radius 3 is 1.01 bits per heavy atom. The van der Waals surface area contributed by atoms with Gasteiger partial charge in [-0.25, -0.2) is 15.7 Å². The van der Waals surface area contributed by atoms with Crippen LogP contribution in [0.2, 0.25) is 5.15 Å². The van der Waals surface area contributed by atoms with Crippen LogP contribution in [0.3, 0.4) is 0 Å². The van der Waals surface area contributed by atoms with Gasteiger partial charge in [-0.05, 0) is 53.9 Å². The number of nitrogens with one attached hydrogen (secondary N) is 7. The zero-order valence-electron chi connectivity index (χ0n) is 64.7. The fraction of sp³-hybridized carbons (Fsp3) is 0.556. The molecule has 0 saturated carbocycles. The molecule has 6 rings (SSSR count). The molecule has 562 valence electrons. The summed E-state index contributed by atoms with van der Waals surface area (Å²) in [7, 11) is 17.6. The minimum atomic E-state index is -0.509. The Labute approximate surface area is 599 Å². The van der Waals surface area contributed by atoms with Crippen LogP contribution in [0.5, 0.6) is 63.6 Å². The van der Waals surface area contributed by atoms with Crippen LogP contribution in [-0.4, -0.2) is 147 Å². The van der Waals surface area contributed by atoms with Gasteiger partial charge in [0.05, 0.1) is 94.9 Å². The number of benzene rings is 4. The highest BCUT2D eigenvalue weighted by Gasteiger charge is 2.20. The third-order valence-corrected chi connectivity index (χ3v) is 12.7.